The highest BCUT2D eigenvalue weighted by molar-refractivity contribution is 14.1. The highest BCUT2D eigenvalue weighted by atomic mass is 127. The highest BCUT2D eigenvalue weighted by Gasteiger charge is 2.06. The maximum absolute atomic E-state index is 8.66. The van der Waals surface area contributed by atoms with Crippen LogP contribution in [0.2, 0.25) is 0 Å². The van der Waals surface area contributed by atoms with E-state index in [0.29, 0.717) is 23.6 Å². The minimum absolute atomic E-state index is 0.519. The number of hydrogen-bond acceptors (Lipinski definition) is 3. The van der Waals surface area contributed by atoms with E-state index in [1.165, 1.54) is 0 Å². The summed E-state index contributed by atoms with van der Waals surface area (Å²) in [7, 11) is 0. The summed E-state index contributed by atoms with van der Waals surface area (Å²) >= 11 is 2.10. The Balaban J connectivity index is 3.17. The Morgan fingerprint density at radius 3 is 2.77 bits per heavy atom. The summed E-state index contributed by atoms with van der Waals surface area (Å²) in [5, 5.41) is 8.66. The molecule has 3 nitrogen and oxygen atoms in total. The third-order valence-corrected chi connectivity index (χ3v) is 2.29. The molecule has 2 N–H and O–H groups in total. The fourth-order valence-corrected chi connectivity index (χ4v) is 1.78. The van der Waals surface area contributed by atoms with Gasteiger partial charge in [0.05, 0.1) is 27.5 Å². The van der Waals surface area contributed by atoms with Crippen molar-refractivity contribution < 1.29 is 4.74 Å². The first-order valence-electron chi connectivity index (χ1n) is 3.81. The predicted molar refractivity (Wildman–Crippen MR) is 59.5 cm³/mol. The van der Waals surface area contributed by atoms with Crippen LogP contribution in [0.15, 0.2) is 12.1 Å². The number of rotatable bonds is 2. The summed E-state index contributed by atoms with van der Waals surface area (Å²) in [6, 6.07) is 5.41. The molecule has 13 heavy (non-hydrogen) atoms. The Morgan fingerprint density at radius 2 is 2.31 bits per heavy atom. The normalized spacial score (nSPS) is 9.31. The highest BCUT2D eigenvalue weighted by Crippen LogP contribution is 2.29. The molecule has 0 saturated carbocycles. The van der Waals surface area contributed by atoms with E-state index in [0.717, 1.165) is 3.57 Å². The lowest BCUT2D eigenvalue weighted by Gasteiger charge is -2.08. The van der Waals surface area contributed by atoms with Crippen LogP contribution >= 0.6 is 22.6 Å². The smallest absolute Gasteiger partial charge is 0.155 e. The molecule has 0 atom stereocenters. The van der Waals surface area contributed by atoms with Gasteiger partial charge in [-0.2, -0.15) is 5.26 Å². The molecule has 1 rings (SSSR count). The summed E-state index contributed by atoms with van der Waals surface area (Å²) in [4.78, 5) is 0. The first kappa shape index (κ1) is 10.1. The van der Waals surface area contributed by atoms with Gasteiger partial charge >= 0.3 is 0 Å². The van der Waals surface area contributed by atoms with Gasteiger partial charge in [-0.05, 0) is 41.6 Å². The number of halogens is 1. The van der Waals surface area contributed by atoms with Crippen LogP contribution in [0.1, 0.15) is 12.5 Å². The van der Waals surface area contributed by atoms with Crippen molar-refractivity contribution in [3.63, 3.8) is 0 Å². The SMILES string of the molecule is CCOc1c(N)cc(C#N)cc1I. The van der Waals surface area contributed by atoms with E-state index in [1.54, 1.807) is 12.1 Å². The van der Waals surface area contributed by atoms with Gasteiger partial charge in [0.15, 0.2) is 5.75 Å². The van der Waals surface area contributed by atoms with E-state index in [-0.39, 0.29) is 0 Å². The average Bonchev–Trinajstić information content (AvgIpc) is 2.11. The lowest BCUT2D eigenvalue weighted by atomic mass is 10.2. The van der Waals surface area contributed by atoms with E-state index in [9.17, 15) is 0 Å². The largest absolute Gasteiger partial charge is 0.491 e. The Hall–Kier alpha value is -0.960. The number of anilines is 1. The number of ether oxygens (including phenoxy) is 1. The van der Waals surface area contributed by atoms with Crippen molar-refractivity contribution in [3.05, 3.63) is 21.3 Å². The van der Waals surface area contributed by atoms with Crippen LogP contribution in [0.3, 0.4) is 0 Å². The molecule has 0 radical (unpaired) electrons. The molecule has 4 heteroatoms. The zero-order valence-electron chi connectivity index (χ0n) is 7.17. The zero-order chi connectivity index (χ0) is 9.84. The monoisotopic (exact) mass is 288 g/mol. The third kappa shape index (κ3) is 2.25. The summed E-state index contributed by atoms with van der Waals surface area (Å²) in [5.41, 5.74) is 6.78. The number of nitrogen functional groups attached to an aromatic ring is 1. The van der Waals surface area contributed by atoms with Crippen LogP contribution in [0, 0.1) is 14.9 Å². The lowest BCUT2D eigenvalue weighted by molar-refractivity contribution is 0.339. The van der Waals surface area contributed by atoms with Crippen LogP contribution in [-0.2, 0) is 0 Å². The third-order valence-electron chi connectivity index (χ3n) is 1.49. The number of nitrogens with zero attached hydrogens (tertiary/aromatic N) is 1. The van der Waals surface area contributed by atoms with Gasteiger partial charge in [0.1, 0.15) is 0 Å². The van der Waals surface area contributed by atoms with Crippen molar-refractivity contribution in [2.24, 2.45) is 0 Å². The summed E-state index contributed by atoms with van der Waals surface area (Å²) in [6.45, 7) is 2.47. The Bertz CT molecular complexity index is 334. The van der Waals surface area contributed by atoms with Crippen molar-refractivity contribution in [1.29, 1.82) is 5.26 Å². The molecule has 0 amide bonds. The molecule has 0 spiro atoms. The Labute approximate surface area is 90.6 Å². The van der Waals surface area contributed by atoms with Crippen molar-refractivity contribution in [2.75, 3.05) is 12.3 Å². The van der Waals surface area contributed by atoms with E-state index < -0.39 is 0 Å². The summed E-state index contributed by atoms with van der Waals surface area (Å²) < 4.78 is 6.20. The second-order valence-electron chi connectivity index (χ2n) is 2.42. The van der Waals surface area contributed by atoms with Gasteiger partial charge < -0.3 is 10.5 Å². The molecule has 0 aromatic heterocycles. The van der Waals surface area contributed by atoms with Crippen LogP contribution in [0.25, 0.3) is 0 Å². The first-order chi connectivity index (χ1) is 6.19. The van der Waals surface area contributed by atoms with Crippen LogP contribution < -0.4 is 10.5 Å². The van der Waals surface area contributed by atoms with Gasteiger partial charge in [-0.25, -0.2) is 0 Å². The van der Waals surface area contributed by atoms with Gasteiger partial charge in [-0.3, -0.25) is 0 Å². The molecule has 0 aliphatic heterocycles. The number of hydrogen-bond donors (Lipinski definition) is 1. The van der Waals surface area contributed by atoms with E-state index >= 15 is 0 Å². The Kier molecular flexibility index (Phi) is 3.37. The quantitative estimate of drug-likeness (QED) is 0.670. The van der Waals surface area contributed by atoms with E-state index in [4.69, 9.17) is 15.7 Å². The van der Waals surface area contributed by atoms with Gasteiger partial charge in [0, 0.05) is 0 Å². The van der Waals surface area contributed by atoms with Gasteiger partial charge in [-0.15, -0.1) is 0 Å². The molecule has 0 aliphatic rings. The number of benzene rings is 1. The lowest BCUT2D eigenvalue weighted by Crippen LogP contribution is -1.99. The number of nitriles is 1. The van der Waals surface area contributed by atoms with Crippen molar-refractivity contribution >= 4 is 28.3 Å². The minimum atomic E-state index is 0.519. The van der Waals surface area contributed by atoms with Crippen molar-refractivity contribution in [1.82, 2.24) is 0 Å². The van der Waals surface area contributed by atoms with Gasteiger partial charge in [-0.1, -0.05) is 0 Å². The molecule has 0 saturated heterocycles. The van der Waals surface area contributed by atoms with Gasteiger partial charge in [0.2, 0.25) is 0 Å². The molecular formula is C9H9IN2O. The second kappa shape index (κ2) is 4.33. The molecule has 0 unspecified atom stereocenters. The Morgan fingerprint density at radius 1 is 1.62 bits per heavy atom. The van der Waals surface area contributed by atoms with Crippen LogP contribution in [-0.4, -0.2) is 6.61 Å². The topological polar surface area (TPSA) is 59.0 Å². The van der Waals surface area contributed by atoms with Gasteiger partial charge in [0.25, 0.3) is 0 Å². The molecule has 1 aromatic rings. The standard InChI is InChI=1S/C9H9IN2O/c1-2-13-9-7(10)3-6(5-11)4-8(9)12/h3-4H,2,12H2,1H3. The fraction of sp³-hybridized carbons (Fsp3) is 0.222. The van der Waals surface area contributed by atoms with E-state index in [1.807, 2.05) is 13.0 Å². The molecule has 0 aliphatic carbocycles. The fourth-order valence-electron chi connectivity index (χ4n) is 0.976. The molecule has 68 valence electrons. The molecule has 0 fully saturated rings. The van der Waals surface area contributed by atoms with Crippen LogP contribution in [0.4, 0.5) is 5.69 Å². The predicted octanol–water partition coefficient (Wildman–Crippen LogP) is 2.14. The van der Waals surface area contributed by atoms with Crippen molar-refractivity contribution in [2.45, 2.75) is 6.92 Å². The second-order valence-corrected chi connectivity index (χ2v) is 3.58. The number of nitrogens with two attached hydrogens (primary N) is 1. The first-order valence-corrected chi connectivity index (χ1v) is 4.88. The zero-order valence-corrected chi connectivity index (χ0v) is 9.33. The maximum atomic E-state index is 8.66. The van der Waals surface area contributed by atoms with Crippen molar-refractivity contribution in [3.8, 4) is 11.8 Å². The average molecular weight is 288 g/mol. The molecule has 0 heterocycles. The molecule has 1 aromatic carbocycles. The van der Waals surface area contributed by atoms with E-state index in [2.05, 4.69) is 22.6 Å². The minimum Gasteiger partial charge on any atom is -0.491 e. The maximum Gasteiger partial charge on any atom is 0.155 e. The molecule has 0 bridgehead atoms. The molecular weight excluding hydrogens is 279 g/mol. The summed E-state index contributed by atoms with van der Waals surface area (Å²) in [6.07, 6.45) is 0. The van der Waals surface area contributed by atoms with Crippen LogP contribution in [0.5, 0.6) is 5.75 Å². The summed E-state index contributed by atoms with van der Waals surface area (Å²) in [5.74, 6) is 0.669.